The van der Waals surface area contributed by atoms with Crippen LogP contribution in [-0.4, -0.2) is 11.1 Å². The summed E-state index contributed by atoms with van der Waals surface area (Å²) >= 11 is 3.20. The van der Waals surface area contributed by atoms with E-state index in [0.29, 0.717) is 30.3 Å². The molecule has 4 rings (SSSR count). The van der Waals surface area contributed by atoms with Crippen LogP contribution >= 0.6 is 15.9 Å². The molecule has 0 radical (unpaired) electrons. The van der Waals surface area contributed by atoms with Crippen molar-refractivity contribution >= 4 is 32.7 Å². The number of hydrogen-bond donors (Lipinski definition) is 0. The lowest BCUT2D eigenvalue weighted by molar-refractivity contribution is 0.0995. The van der Waals surface area contributed by atoms with Crippen LogP contribution in [0.15, 0.2) is 77.2 Å². The number of furan rings is 1. The molecule has 0 aliphatic heterocycles. The second-order valence-electron chi connectivity index (χ2n) is 7.24. The van der Waals surface area contributed by atoms with Crippen LogP contribution in [0.2, 0.25) is 0 Å². The summed E-state index contributed by atoms with van der Waals surface area (Å²) in [5.41, 5.74) is 3.88. The maximum absolute atomic E-state index is 12.0. The molecular weight excluding hydrogens is 456 g/mol. The van der Waals surface area contributed by atoms with Gasteiger partial charge in [-0.05, 0) is 53.4 Å². The van der Waals surface area contributed by atoms with Crippen LogP contribution < -0.4 is 9.47 Å². The van der Waals surface area contributed by atoms with Gasteiger partial charge in [0.05, 0.1) is 10.7 Å². The van der Waals surface area contributed by atoms with Gasteiger partial charge in [0.2, 0.25) is 5.78 Å². The molecule has 0 N–H and O–H groups in total. The molecule has 0 fully saturated rings. The Morgan fingerprint density at radius 3 is 2.42 bits per heavy atom. The van der Waals surface area contributed by atoms with Crippen molar-refractivity contribution in [3.05, 3.63) is 95.2 Å². The third kappa shape index (κ3) is 5.17. The number of halogens is 1. The normalized spacial score (nSPS) is 10.9. The Labute approximate surface area is 189 Å². The van der Waals surface area contributed by atoms with Crippen LogP contribution in [0.3, 0.4) is 0 Å². The Balaban J connectivity index is 1.50. The molecular formula is C26H23BrO4. The Morgan fingerprint density at radius 1 is 0.871 bits per heavy atom. The topological polar surface area (TPSA) is 48.7 Å². The number of ketones is 1. The molecule has 1 aromatic heterocycles. The standard InChI is InChI=1S/C26H23BrO4/c1-2-18-12-24(22-14-26(23(28)15-27)31-25(22)13-18)30-17-20-9-6-10-21(11-20)29-16-19-7-4-3-5-8-19/h3-14H,2,15-17H2,1H3. The van der Waals surface area contributed by atoms with E-state index in [-0.39, 0.29) is 11.1 Å². The minimum atomic E-state index is -0.0940. The van der Waals surface area contributed by atoms with E-state index in [9.17, 15) is 4.79 Å². The number of carbonyl (C=O) groups is 1. The predicted octanol–water partition coefficient (Wildman–Crippen LogP) is 6.73. The molecule has 0 aliphatic carbocycles. The molecule has 31 heavy (non-hydrogen) atoms. The van der Waals surface area contributed by atoms with Crippen LogP contribution in [0.4, 0.5) is 0 Å². The maximum atomic E-state index is 12.0. The zero-order chi connectivity index (χ0) is 21.6. The summed E-state index contributed by atoms with van der Waals surface area (Å²) in [5, 5.41) is 1.03. The molecule has 158 valence electrons. The highest BCUT2D eigenvalue weighted by Gasteiger charge is 2.15. The lowest BCUT2D eigenvalue weighted by atomic mass is 10.1. The molecule has 0 aliphatic rings. The van der Waals surface area contributed by atoms with Crippen LogP contribution in [0.25, 0.3) is 11.0 Å². The highest BCUT2D eigenvalue weighted by atomic mass is 79.9. The van der Waals surface area contributed by atoms with E-state index in [0.717, 1.165) is 34.2 Å². The van der Waals surface area contributed by atoms with E-state index in [1.807, 2.05) is 66.7 Å². The number of ether oxygens (including phenoxy) is 2. The van der Waals surface area contributed by atoms with Crippen molar-refractivity contribution in [2.45, 2.75) is 26.6 Å². The number of carbonyl (C=O) groups excluding carboxylic acids is 1. The smallest absolute Gasteiger partial charge is 0.208 e. The highest BCUT2D eigenvalue weighted by molar-refractivity contribution is 9.09. The van der Waals surface area contributed by atoms with Gasteiger partial charge in [-0.2, -0.15) is 0 Å². The monoisotopic (exact) mass is 478 g/mol. The van der Waals surface area contributed by atoms with Crippen LogP contribution in [0, 0.1) is 0 Å². The van der Waals surface area contributed by atoms with Gasteiger partial charge in [-0.1, -0.05) is 65.3 Å². The van der Waals surface area contributed by atoms with Crippen LogP contribution in [-0.2, 0) is 19.6 Å². The summed E-state index contributed by atoms with van der Waals surface area (Å²) in [6.45, 7) is 2.98. The van der Waals surface area contributed by atoms with Gasteiger partial charge in [0.25, 0.3) is 0 Å². The number of alkyl halides is 1. The molecule has 0 unspecified atom stereocenters. The second kappa shape index (κ2) is 9.84. The maximum Gasteiger partial charge on any atom is 0.208 e. The van der Waals surface area contributed by atoms with E-state index in [4.69, 9.17) is 13.9 Å². The van der Waals surface area contributed by atoms with E-state index in [1.54, 1.807) is 6.07 Å². The average Bonchev–Trinajstić information content (AvgIpc) is 3.26. The van der Waals surface area contributed by atoms with Crippen molar-refractivity contribution in [2.24, 2.45) is 0 Å². The van der Waals surface area contributed by atoms with Crippen molar-refractivity contribution in [2.75, 3.05) is 5.33 Å². The van der Waals surface area contributed by atoms with Gasteiger partial charge in [-0.15, -0.1) is 0 Å². The Hall–Kier alpha value is -3.05. The number of aryl methyl sites for hydroxylation is 1. The molecule has 0 spiro atoms. The molecule has 0 saturated heterocycles. The number of benzene rings is 3. The van der Waals surface area contributed by atoms with Crippen molar-refractivity contribution < 1.29 is 18.7 Å². The zero-order valence-corrected chi connectivity index (χ0v) is 18.9. The summed E-state index contributed by atoms with van der Waals surface area (Å²) in [6.07, 6.45) is 0.845. The Kier molecular flexibility index (Phi) is 6.73. The fourth-order valence-corrected chi connectivity index (χ4v) is 3.59. The van der Waals surface area contributed by atoms with Gasteiger partial charge in [0, 0.05) is 0 Å². The number of Topliss-reactive ketones (excluding diaryl/α,β-unsaturated/α-hetero) is 1. The third-order valence-corrected chi connectivity index (χ3v) is 5.51. The van der Waals surface area contributed by atoms with Gasteiger partial charge in [0.15, 0.2) is 5.76 Å². The fourth-order valence-electron chi connectivity index (χ4n) is 3.31. The molecule has 0 atom stereocenters. The van der Waals surface area contributed by atoms with Crippen molar-refractivity contribution in [3.63, 3.8) is 0 Å². The predicted molar refractivity (Wildman–Crippen MR) is 125 cm³/mol. The molecule has 4 nitrogen and oxygen atoms in total. The molecule has 0 bridgehead atoms. The number of fused-ring (bicyclic) bond motifs is 1. The number of rotatable bonds is 9. The minimum absolute atomic E-state index is 0.0940. The van der Waals surface area contributed by atoms with E-state index >= 15 is 0 Å². The van der Waals surface area contributed by atoms with Crippen molar-refractivity contribution in [1.82, 2.24) is 0 Å². The zero-order valence-electron chi connectivity index (χ0n) is 17.3. The first kappa shape index (κ1) is 21.2. The summed E-state index contributed by atoms with van der Waals surface area (Å²) < 4.78 is 17.8. The van der Waals surface area contributed by atoms with Crippen LogP contribution in [0.5, 0.6) is 11.5 Å². The van der Waals surface area contributed by atoms with Crippen molar-refractivity contribution in [1.29, 1.82) is 0 Å². The van der Waals surface area contributed by atoms with Gasteiger partial charge in [-0.3, -0.25) is 4.79 Å². The first-order valence-corrected chi connectivity index (χ1v) is 11.3. The van der Waals surface area contributed by atoms with Crippen LogP contribution in [0.1, 0.15) is 34.2 Å². The van der Waals surface area contributed by atoms with Gasteiger partial charge < -0.3 is 13.9 Å². The Morgan fingerprint density at radius 2 is 1.65 bits per heavy atom. The molecule has 1 heterocycles. The lowest BCUT2D eigenvalue weighted by Crippen LogP contribution is -1.99. The highest BCUT2D eigenvalue weighted by Crippen LogP contribution is 2.32. The molecule has 0 amide bonds. The SMILES string of the molecule is CCc1cc(OCc2cccc(OCc3ccccc3)c2)c2cc(C(=O)CBr)oc2c1. The van der Waals surface area contributed by atoms with Gasteiger partial charge in [-0.25, -0.2) is 0 Å². The number of hydrogen-bond acceptors (Lipinski definition) is 4. The summed E-state index contributed by atoms with van der Waals surface area (Å²) in [6, 6.07) is 23.7. The second-order valence-corrected chi connectivity index (χ2v) is 7.80. The lowest BCUT2D eigenvalue weighted by Gasteiger charge is -2.11. The largest absolute Gasteiger partial charge is 0.489 e. The summed E-state index contributed by atoms with van der Waals surface area (Å²) in [7, 11) is 0. The summed E-state index contributed by atoms with van der Waals surface area (Å²) in [4.78, 5) is 12.0. The molecule has 0 saturated carbocycles. The quantitative estimate of drug-likeness (QED) is 0.197. The van der Waals surface area contributed by atoms with Gasteiger partial charge >= 0.3 is 0 Å². The minimum Gasteiger partial charge on any atom is -0.489 e. The van der Waals surface area contributed by atoms with E-state index in [2.05, 4.69) is 22.9 Å². The summed E-state index contributed by atoms with van der Waals surface area (Å²) in [5.74, 6) is 1.75. The fraction of sp³-hybridized carbons (Fsp3) is 0.192. The molecule has 4 aromatic rings. The first-order valence-electron chi connectivity index (χ1n) is 10.2. The molecule has 3 aromatic carbocycles. The average molecular weight is 479 g/mol. The van der Waals surface area contributed by atoms with E-state index < -0.39 is 0 Å². The van der Waals surface area contributed by atoms with Gasteiger partial charge in [0.1, 0.15) is 30.3 Å². The molecule has 5 heteroatoms. The Bertz CT molecular complexity index is 1180. The first-order chi connectivity index (χ1) is 15.2. The van der Waals surface area contributed by atoms with E-state index in [1.165, 1.54) is 0 Å². The van der Waals surface area contributed by atoms with Crippen molar-refractivity contribution in [3.8, 4) is 11.5 Å². The third-order valence-electron chi connectivity index (χ3n) is 5.00.